The molecular formula is C14H13BrN4O2. The Balaban J connectivity index is 1.80. The van der Waals surface area contributed by atoms with Gasteiger partial charge >= 0.3 is 0 Å². The second-order valence-electron chi connectivity index (χ2n) is 4.99. The number of carbonyl (C=O) groups is 2. The molecule has 1 fully saturated rings. The number of anilines is 1. The van der Waals surface area contributed by atoms with Crippen molar-refractivity contribution in [3.8, 4) is 0 Å². The summed E-state index contributed by atoms with van der Waals surface area (Å²) in [6.45, 7) is 0.609. The normalized spacial score (nSPS) is 18.3. The fourth-order valence-electron chi connectivity index (χ4n) is 2.33. The lowest BCUT2D eigenvalue weighted by atomic mass is 10.1. The van der Waals surface area contributed by atoms with E-state index in [2.05, 4.69) is 31.2 Å². The molecule has 1 N–H and O–H groups in total. The molecule has 1 aliphatic rings. The van der Waals surface area contributed by atoms with Crippen LogP contribution >= 0.6 is 15.9 Å². The second-order valence-corrected chi connectivity index (χ2v) is 5.90. The molecule has 0 aromatic carbocycles. The van der Waals surface area contributed by atoms with Crippen molar-refractivity contribution in [2.24, 2.45) is 5.92 Å². The molecule has 0 spiro atoms. The van der Waals surface area contributed by atoms with Crippen molar-refractivity contribution in [2.75, 3.05) is 18.9 Å². The van der Waals surface area contributed by atoms with E-state index >= 15 is 0 Å². The highest BCUT2D eigenvalue weighted by Gasteiger charge is 2.34. The first-order chi connectivity index (χ1) is 10.0. The summed E-state index contributed by atoms with van der Waals surface area (Å²) in [7, 11) is 1.70. The first-order valence-corrected chi connectivity index (χ1v) is 7.32. The summed E-state index contributed by atoms with van der Waals surface area (Å²) in [6.07, 6.45) is 2.19. The van der Waals surface area contributed by atoms with E-state index in [1.807, 2.05) is 12.1 Å². The zero-order valence-corrected chi connectivity index (χ0v) is 12.9. The van der Waals surface area contributed by atoms with Crippen LogP contribution in [0.1, 0.15) is 6.42 Å². The molecule has 3 rings (SSSR count). The number of nitrogens with one attached hydrogen (secondary N) is 1. The number of rotatable bonds is 2. The van der Waals surface area contributed by atoms with Gasteiger partial charge in [0.2, 0.25) is 11.8 Å². The fraction of sp³-hybridized carbons (Fsp3) is 0.286. The van der Waals surface area contributed by atoms with Crippen LogP contribution in [0.2, 0.25) is 0 Å². The molecule has 1 aliphatic heterocycles. The van der Waals surface area contributed by atoms with Crippen LogP contribution in [0, 0.1) is 5.92 Å². The quantitative estimate of drug-likeness (QED) is 0.839. The Bertz CT molecular complexity index is 734. The van der Waals surface area contributed by atoms with Crippen molar-refractivity contribution in [1.82, 2.24) is 14.9 Å². The molecule has 2 aromatic heterocycles. The number of hydrogen-bond acceptors (Lipinski definition) is 4. The number of aromatic nitrogens is 2. The molecule has 0 radical (unpaired) electrons. The van der Waals surface area contributed by atoms with Gasteiger partial charge in [-0.3, -0.25) is 9.59 Å². The van der Waals surface area contributed by atoms with E-state index < -0.39 is 5.92 Å². The number of pyridine rings is 2. The Kier molecular flexibility index (Phi) is 3.59. The minimum Gasteiger partial charge on any atom is -0.345 e. The molecule has 7 heteroatoms. The zero-order valence-electron chi connectivity index (χ0n) is 11.3. The first kappa shape index (κ1) is 13.9. The highest BCUT2D eigenvalue weighted by atomic mass is 79.9. The predicted octanol–water partition coefficient (Wildman–Crippen LogP) is 1.81. The Hall–Kier alpha value is -2.02. The van der Waals surface area contributed by atoms with Gasteiger partial charge in [0.25, 0.3) is 0 Å². The predicted molar refractivity (Wildman–Crippen MR) is 81.6 cm³/mol. The number of nitrogens with zero attached hydrogens (tertiary/aromatic N) is 3. The van der Waals surface area contributed by atoms with Crippen LogP contribution in [0.15, 0.2) is 28.9 Å². The Morgan fingerprint density at radius 1 is 1.48 bits per heavy atom. The van der Waals surface area contributed by atoms with E-state index in [0.29, 0.717) is 24.4 Å². The third kappa shape index (κ3) is 2.73. The van der Waals surface area contributed by atoms with Gasteiger partial charge in [-0.2, -0.15) is 0 Å². The highest BCUT2D eigenvalue weighted by Crippen LogP contribution is 2.20. The van der Waals surface area contributed by atoms with Gasteiger partial charge in [-0.15, -0.1) is 0 Å². The third-order valence-electron chi connectivity index (χ3n) is 3.50. The summed E-state index contributed by atoms with van der Waals surface area (Å²) in [5.41, 5.74) is 0.547. The SMILES string of the molecule is CN1CCC(C(=O)Nc2ccc3cc(Br)cnc3n2)C1=O. The van der Waals surface area contributed by atoms with E-state index in [-0.39, 0.29) is 11.8 Å². The summed E-state index contributed by atoms with van der Waals surface area (Å²) < 4.78 is 0.869. The van der Waals surface area contributed by atoms with Crippen molar-refractivity contribution in [3.05, 3.63) is 28.9 Å². The van der Waals surface area contributed by atoms with Gasteiger partial charge in [0.1, 0.15) is 11.7 Å². The van der Waals surface area contributed by atoms with Gasteiger partial charge in [-0.25, -0.2) is 9.97 Å². The van der Waals surface area contributed by atoms with Gasteiger partial charge in [0, 0.05) is 29.6 Å². The largest absolute Gasteiger partial charge is 0.345 e. The van der Waals surface area contributed by atoms with Crippen molar-refractivity contribution < 1.29 is 9.59 Å². The topological polar surface area (TPSA) is 75.2 Å². The van der Waals surface area contributed by atoms with Gasteiger partial charge in [-0.1, -0.05) is 0 Å². The smallest absolute Gasteiger partial charge is 0.238 e. The number of amides is 2. The lowest BCUT2D eigenvalue weighted by molar-refractivity contribution is -0.134. The number of carbonyl (C=O) groups excluding carboxylic acids is 2. The fourth-order valence-corrected chi connectivity index (χ4v) is 2.68. The van der Waals surface area contributed by atoms with Crippen LogP contribution in [0.25, 0.3) is 11.0 Å². The number of fused-ring (bicyclic) bond motifs is 1. The van der Waals surface area contributed by atoms with Crippen molar-refractivity contribution in [2.45, 2.75) is 6.42 Å². The van der Waals surface area contributed by atoms with Crippen LogP contribution < -0.4 is 5.32 Å². The standard InChI is InChI=1S/C14H13BrN4O2/c1-19-5-4-10(14(19)21)13(20)18-11-3-2-8-6-9(15)7-16-12(8)17-11/h2-3,6-7,10H,4-5H2,1H3,(H,16,17,18,20). The van der Waals surface area contributed by atoms with Gasteiger partial charge < -0.3 is 10.2 Å². The molecule has 2 amide bonds. The molecule has 108 valence electrons. The van der Waals surface area contributed by atoms with E-state index in [1.165, 1.54) is 0 Å². The van der Waals surface area contributed by atoms with Crippen molar-refractivity contribution >= 4 is 44.6 Å². The van der Waals surface area contributed by atoms with Crippen LogP contribution in [-0.4, -0.2) is 40.3 Å². The summed E-state index contributed by atoms with van der Waals surface area (Å²) >= 11 is 3.35. The maximum absolute atomic E-state index is 12.1. The first-order valence-electron chi connectivity index (χ1n) is 6.53. The number of hydrogen-bond donors (Lipinski definition) is 1. The molecule has 0 aliphatic carbocycles. The molecular weight excluding hydrogens is 336 g/mol. The summed E-state index contributed by atoms with van der Waals surface area (Å²) in [5, 5.41) is 3.57. The minimum absolute atomic E-state index is 0.143. The maximum Gasteiger partial charge on any atom is 0.238 e. The number of halogens is 1. The van der Waals surface area contributed by atoms with Crippen molar-refractivity contribution in [3.63, 3.8) is 0 Å². The molecule has 1 saturated heterocycles. The van der Waals surface area contributed by atoms with Crippen LogP contribution in [0.3, 0.4) is 0 Å². The van der Waals surface area contributed by atoms with E-state index in [0.717, 1.165) is 9.86 Å². The molecule has 6 nitrogen and oxygen atoms in total. The third-order valence-corrected chi connectivity index (χ3v) is 3.94. The molecule has 3 heterocycles. The van der Waals surface area contributed by atoms with E-state index in [9.17, 15) is 9.59 Å². The molecule has 0 bridgehead atoms. The maximum atomic E-state index is 12.1. The van der Waals surface area contributed by atoms with Gasteiger partial charge in [0.05, 0.1) is 0 Å². The minimum atomic E-state index is -0.620. The molecule has 21 heavy (non-hydrogen) atoms. The van der Waals surface area contributed by atoms with Gasteiger partial charge in [-0.05, 0) is 40.5 Å². The molecule has 0 saturated carbocycles. The number of likely N-dealkylation sites (tertiary alicyclic amines) is 1. The highest BCUT2D eigenvalue weighted by molar-refractivity contribution is 9.10. The van der Waals surface area contributed by atoms with E-state index in [4.69, 9.17) is 0 Å². The van der Waals surface area contributed by atoms with E-state index in [1.54, 1.807) is 24.2 Å². The lowest BCUT2D eigenvalue weighted by Crippen LogP contribution is -2.31. The van der Waals surface area contributed by atoms with Crippen LogP contribution in [0.5, 0.6) is 0 Å². The second kappa shape index (κ2) is 5.40. The Morgan fingerprint density at radius 3 is 3.00 bits per heavy atom. The molecule has 1 atom stereocenters. The van der Waals surface area contributed by atoms with Crippen LogP contribution in [0.4, 0.5) is 5.82 Å². The zero-order chi connectivity index (χ0) is 15.0. The average molecular weight is 349 g/mol. The monoisotopic (exact) mass is 348 g/mol. The molecule has 1 unspecified atom stereocenters. The van der Waals surface area contributed by atoms with Gasteiger partial charge in [0.15, 0.2) is 5.65 Å². The Labute approximate surface area is 129 Å². The average Bonchev–Trinajstić information content (AvgIpc) is 2.79. The summed E-state index contributed by atoms with van der Waals surface area (Å²) in [6, 6.07) is 5.44. The molecule has 2 aromatic rings. The van der Waals surface area contributed by atoms with Crippen LogP contribution in [-0.2, 0) is 9.59 Å². The summed E-state index contributed by atoms with van der Waals surface area (Å²) in [5.74, 6) is -0.668. The summed E-state index contributed by atoms with van der Waals surface area (Å²) in [4.78, 5) is 34.0. The van der Waals surface area contributed by atoms with Crippen molar-refractivity contribution in [1.29, 1.82) is 0 Å². The lowest BCUT2D eigenvalue weighted by Gasteiger charge is -2.10. The Morgan fingerprint density at radius 2 is 2.29 bits per heavy atom.